The van der Waals surface area contributed by atoms with Gasteiger partial charge in [-0.15, -0.1) is 0 Å². The van der Waals surface area contributed by atoms with E-state index in [1.54, 1.807) is 12.1 Å². The molecule has 0 fully saturated rings. The zero-order valence-corrected chi connectivity index (χ0v) is 20.2. The van der Waals surface area contributed by atoms with Crippen LogP contribution in [0.2, 0.25) is 0 Å². The highest BCUT2D eigenvalue weighted by atomic mass is 19.1. The molecule has 0 amide bonds. The Hall–Kier alpha value is -4.29. The molecular formula is C30H26FN5. The lowest BCUT2D eigenvalue weighted by atomic mass is 9.99. The van der Waals surface area contributed by atoms with Crippen molar-refractivity contribution in [1.82, 2.24) is 25.5 Å². The van der Waals surface area contributed by atoms with Crippen molar-refractivity contribution < 1.29 is 4.39 Å². The quantitative estimate of drug-likeness (QED) is 0.243. The summed E-state index contributed by atoms with van der Waals surface area (Å²) in [6.07, 6.45) is 3.79. The Morgan fingerprint density at radius 1 is 0.861 bits per heavy atom. The van der Waals surface area contributed by atoms with Gasteiger partial charge in [0.05, 0.1) is 11.2 Å². The fourth-order valence-electron chi connectivity index (χ4n) is 4.84. The highest BCUT2D eigenvalue weighted by Gasteiger charge is 2.15. The molecule has 0 spiro atoms. The number of fused-ring (bicyclic) bond motifs is 2. The van der Waals surface area contributed by atoms with Crippen LogP contribution in [0, 0.1) is 12.7 Å². The van der Waals surface area contributed by atoms with E-state index in [9.17, 15) is 4.39 Å². The molecule has 3 aromatic carbocycles. The molecule has 0 atom stereocenters. The van der Waals surface area contributed by atoms with E-state index in [0.29, 0.717) is 0 Å². The zero-order valence-electron chi connectivity index (χ0n) is 20.2. The largest absolute Gasteiger partial charge is 0.353 e. The molecule has 3 heterocycles. The minimum atomic E-state index is -0.229. The number of H-pyrrole nitrogens is 2. The number of hydrogen-bond donors (Lipinski definition) is 3. The van der Waals surface area contributed by atoms with E-state index in [-0.39, 0.29) is 5.82 Å². The monoisotopic (exact) mass is 475 g/mol. The molecule has 36 heavy (non-hydrogen) atoms. The van der Waals surface area contributed by atoms with Gasteiger partial charge in [-0.1, -0.05) is 31.2 Å². The smallest absolute Gasteiger partial charge is 0.124 e. The fraction of sp³-hybridized carbons (Fsp3) is 0.133. The van der Waals surface area contributed by atoms with Crippen LogP contribution >= 0.6 is 0 Å². The topological polar surface area (TPSA) is 69.4 Å². The average molecular weight is 476 g/mol. The van der Waals surface area contributed by atoms with Crippen LogP contribution in [0.25, 0.3) is 55.4 Å². The Bertz CT molecular complexity index is 1690. The van der Waals surface area contributed by atoms with Gasteiger partial charge in [-0.2, -0.15) is 5.10 Å². The molecule has 0 aliphatic carbocycles. The predicted octanol–water partition coefficient (Wildman–Crippen LogP) is 7.00. The van der Waals surface area contributed by atoms with Gasteiger partial charge in [0.1, 0.15) is 11.5 Å². The number of pyridine rings is 1. The summed E-state index contributed by atoms with van der Waals surface area (Å²) in [6.45, 7) is 5.71. The molecule has 0 radical (unpaired) electrons. The Morgan fingerprint density at radius 2 is 1.78 bits per heavy atom. The maximum Gasteiger partial charge on any atom is 0.124 e. The first-order valence-corrected chi connectivity index (χ1v) is 12.1. The van der Waals surface area contributed by atoms with E-state index in [1.165, 1.54) is 0 Å². The van der Waals surface area contributed by atoms with Crippen molar-refractivity contribution >= 4 is 21.8 Å². The van der Waals surface area contributed by atoms with Gasteiger partial charge >= 0.3 is 0 Å². The van der Waals surface area contributed by atoms with Gasteiger partial charge in [-0.25, -0.2) is 4.39 Å². The van der Waals surface area contributed by atoms with Crippen molar-refractivity contribution in [1.29, 1.82) is 0 Å². The Morgan fingerprint density at radius 3 is 2.64 bits per heavy atom. The summed E-state index contributed by atoms with van der Waals surface area (Å²) in [7, 11) is 0. The first kappa shape index (κ1) is 22.2. The van der Waals surface area contributed by atoms with Gasteiger partial charge in [0.25, 0.3) is 0 Å². The molecule has 0 saturated carbocycles. The van der Waals surface area contributed by atoms with E-state index >= 15 is 0 Å². The standard InChI is InChI=1S/C30H26FN5/c1-3-32-15-19-11-22(17-33-16-19)20-7-8-28-26(13-20)30(36-35-28)29-14-25-24(5-4-6-27(25)34-29)21-9-18(2)10-23(31)12-21/h4-14,16-17,32,34H,3,15H2,1-2H3,(H,35,36). The maximum absolute atomic E-state index is 14.2. The summed E-state index contributed by atoms with van der Waals surface area (Å²) in [5, 5.41) is 13.2. The highest BCUT2D eigenvalue weighted by molar-refractivity contribution is 6.01. The van der Waals surface area contributed by atoms with Crippen molar-refractivity contribution in [3.05, 3.63) is 96.1 Å². The van der Waals surface area contributed by atoms with Gasteiger partial charge < -0.3 is 10.3 Å². The molecule has 178 valence electrons. The number of aromatic amines is 2. The molecule has 5 nitrogen and oxygen atoms in total. The van der Waals surface area contributed by atoms with Crippen molar-refractivity contribution in [3.63, 3.8) is 0 Å². The number of nitrogens with zero attached hydrogens (tertiary/aromatic N) is 2. The Balaban J connectivity index is 1.44. The van der Waals surface area contributed by atoms with E-state index in [2.05, 4.69) is 62.7 Å². The van der Waals surface area contributed by atoms with E-state index in [4.69, 9.17) is 0 Å². The summed E-state index contributed by atoms with van der Waals surface area (Å²) in [4.78, 5) is 7.97. The third-order valence-corrected chi connectivity index (χ3v) is 6.54. The molecule has 0 saturated heterocycles. The second kappa shape index (κ2) is 9.06. The van der Waals surface area contributed by atoms with E-state index < -0.39 is 0 Å². The number of aromatic nitrogens is 4. The third-order valence-electron chi connectivity index (χ3n) is 6.54. The number of rotatable bonds is 6. The van der Waals surface area contributed by atoms with Crippen LogP contribution in [0.15, 0.2) is 79.1 Å². The molecule has 3 N–H and O–H groups in total. The summed E-state index contributed by atoms with van der Waals surface area (Å²) < 4.78 is 14.2. The number of benzene rings is 3. The summed E-state index contributed by atoms with van der Waals surface area (Å²) in [6, 6.07) is 21.8. The number of aryl methyl sites for hydroxylation is 1. The lowest BCUT2D eigenvalue weighted by Crippen LogP contribution is -2.11. The summed E-state index contributed by atoms with van der Waals surface area (Å²) in [5.74, 6) is -0.229. The Kier molecular flexibility index (Phi) is 5.58. The van der Waals surface area contributed by atoms with Crippen LogP contribution in [0.4, 0.5) is 4.39 Å². The lowest BCUT2D eigenvalue weighted by Gasteiger charge is -2.06. The maximum atomic E-state index is 14.2. The minimum absolute atomic E-state index is 0.229. The molecule has 6 rings (SSSR count). The van der Waals surface area contributed by atoms with Gasteiger partial charge in [-0.05, 0) is 83.8 Å². The fourth-order valence-corrected chi connectivity index (χ4v) is 4.84. The molecule has 0 unspecified atom stereocenters. The van der Waals surface area contributed by atoms with Gasteiger partial charge in [0, 0.05) is 40.8 Å². The molecule has 0 aliphatic heterocycles. The zero-order chi connectivity index (χ0) is 24.6. The molecule has 6 heteroatoms. The minimum Gasteiger partial charge on any atom is -0.353 e. The van der Waals surface area contributed by atoms with E-state index in [1.807, 2.05) is 43.6 Å². The van der Waals surface area contributed by atoms with Crippen LogP contribution in [-0.2, 0) is 6.54 Å². The molecule has 3 aromatic heterocycles. The molecule has 6 aromatic rings. The average Bonchev–Trinajstić information content (AvgIpc) is 3.50. The van der Waals surface area contributed by atoms with Crippen LogP contribution in [0.3, 0.4) is 0 Å². The van der Waals surface area contributed by atoms with Crippen molar-refractivity contribution in [2.45, 2.75) is 20.4 Å². The lowest BCUT2D eigenvalue weighted by molar-refractivity contribution is 0.627. The molecule has 0 bridgehead atoms. The van der Waals surface area contributed by atoms with Crippen LogP contribution < -0.4 is 5.32 Å². The van der Waals surface area contributed by atoms with Gasteiger partial charge in [0.2, 0.25) is 0 Å². The van der Waals surface area contributed by atoms with E-state index in [0.717, 1.165) is 79.7 Å². The molecular weight excluding hydrogens is 449 g/mol. The van der Waals surface area contributed by atoms with Crippen LogP contribution in [-0.4, -0.2) is 26.7 Å². The van der Waals surface area contributed by atoms with Crippen molar-refractivity contribution in [2.75, 3.05) is 6.54 Å². The predicted molar refractivity (Wildman–Crippen MR) is 144 cm³/mol. The van der Waals surface area contributed by atoms with Gasteiger partial charge in [0.15, 0.2) is 0 Å². The SMILES string of the molecule is CCNCc1cncc(-c2ccc3[nH]nc(-c4cc5c(-c6cc(C)cc(F)c6)cccc5[nH]4)c3c2)c1. The third kappa shape index (κ3) is 4.06. The van der Waals surface area contributed by atoms with Crippen molar-refractivity contribution in [3.8, 4) is 33.6 Å². The first-order valence-electron chi connectivity index (χ1n) is 12.1. The summed E-state index contributed by atoms with van der Waals surface area (Å²) in [5.41, 5.74) is 9.76. The van der Waals surface area contributed by atoms with Crippen LogP contribution in [0.5, 0.6) is 0 Å². The van der Waals surface area contributed by atoms with Crippen LogP contribution in [0.1, 0.15) is 18.1 Å². The number of nitrogens with one attached hydrogen (secondary N) is 3. The highest BCUT2D eigenvalue weighted by Crippen LogP contribution is 2.35. The number of hydrogen-bond acceptors (Lipinski definition) is 3. The van der Waals surface area contributed by atoms with Crippen molar-refractivity contribution in [2.24, 2.45) is 0 Å². The second-order valence-corrected chi connectivity index (χ2v) is 9.16. The summed E-state index contributed by atoms with van der Waals surface area (Å²) >= 11 is 0. The number of halogens is 1. The molecule has 0 aliphatic rings. The normalized spacial score (nSPS) is 11.5. The Labute approximate surface area is 208 Å². The first-order chi connectivity index (χ1) is 17.6. The second-order valence-electron chi connectivity index (χ2n) is 9.16. The van der Waals surface area contributed by atoms with Gasteiger partial charge in [-0.3, -0.25) is 10.1 Å².